The van der Waals surface area contributed by atoms with Crippen molar-refractivity contribution < 1.29 is 6.22 Å². The second-order valence-corrected chi connectivity index (χ2v) is 4.35. The van der Waals surface area contributed by atoms with Crippen LogP contribution in [0.5, 0.6) is 0 Å². The van der Waals surface area contributed by atoms with Gasteiger partial charge in [0.1, 0.15) is 0 Å². The standard InChI is InChI=1S/C14H16N2O.C2H6.H2/c1-10-3-7-13(8-4-10)16-14(17)12-6-5-11(2)15-9-12;1-2;/h3,5-7,9H,4,8H2,1-2H3,(H,16,17);1-2H3;1H. The summed E-state index contributed by atoms with van der Waals surface area (Å²) >= 11 is 0. The average molecular weight is 260 g/mol. The molecule has 0 aliphatic heterocycles. The van der Waals surface area contributed by atoms with Gasteiger partial charge < -0.3 is 5.32 Å². The number of carbonyl (C=O) groups excluding carboxylic acids is 1. The van der Waals surface area contributed by atoms with Crippen LogP contribution in [-0.4, -0.2) is 10.9 Å². The van der Waals surface area contributed by atoms with E-state index in [1.807, 2.05) is 39.0 Å². The molecule has 2 rings (SSSR count). The molecule has 0 unspecified atom stereocenters. The molecule has 3 nitrogen and oxygen atoms in total. The number of amides is 1. The van der Waals surface area contributed by atoms with Gasteiger partial charge in [0.15, 0.2) is 0 Å². The molecule has 104 valence electrons. The molecule has 0 aromatic carbocycles. The molecule has 1 aliphatic rings. The zero-order valence-electron chi connectivity index (χ0n) is 12.2. The van der Waals surface area contributed by atoms with Gasteiger partial charge in [0.25, 0.3) is 5.91 Å². The third-order valence-electron chi connectivity index (χ3n) is 2.81. The first-order chi connectivity index (χ1) is 9.15. The summed E-state index contributed by atoms with van der Waals surface area (Å²) in [6.45, 7) is 8.00. The first-order valence-corrected chi connectivity index (χ1v) is 6.75. The monoisotopic (exact) mass is 260 g/mol. The Labute approximate surface area is 116 Å². The third kappa shape index (κ3) is 4.70. The van der Waals surface area contributed by atoms with Crippen LogP contribution in [0, 0.1) is 6.92 Å². The highest BCUT2D eigenvalue weighted by Crippen LogP contribution is 2.15. The molecule has 0 saturated carbocycles. The largest absolute Gasteiger partial charge is 0.326 e. The van der Waals surface area contributed by atoms with Crippen molar-refractivity contribution in [1.29, 1.82) is 0 Å². The van der Waals surface area contributed by atoms with E-state index in [0.717, 1.165) is 24.2 Å². The molecule has 3 heteroatoms. The SMILES string of the molecule is CC.CC1=CC=C(NC(=O)c2ccc(C)nc2)CC1.[HH]. The molecular weight excluding hydrogens is 236 g/mol. The molecule has 0 bridgehead atoms. The lowest BCUT2D eigenvalue weighted by molar-refractivity contribution is 0.0964. The van der Waals surface area contributed by atoms with Gasteiger partial charge in [-0.15, -0.1) is 0 Å². The highest BCUT2D eigenvalue weighted by atomic mass is 16.1. The van der Waals surface area contributed by atoms with Crippen molar-refractivity contribution in [2.45, 2.75) is 40.5 Å². The van der Waals surface area contributed by atoms with Gasteiger partial charge in [0.05, 0.1) is 5.56 Å². The number of nitrogens with zero attached hydrogens (tertiary/aromatic N) is 1. The van der Waals surface area contributed by atoms with E-state index in [-0.39, 0.29) is 7.33 Å². The van der Waals surface area contributed by atoms with Gasteiger partial charge in [0.2, 0.25) is 0 Å². The summed E-state index contributed by atoms with van der Waals surface area (Å²) in [6.07, 6.45) is 7.53. The molecule has 0 atom stereocenters. The van der Waals surface area contributed by atoms with Gasteiger partial charge in [-0.3, -0.25) is 9.78 Å². The zero-order valence-corrected chi connectivity index (χ0v) is 12.2. The quantitative estimate of drug-likeness (QED) is 0.872. The van der Waals surface area contributed by atoms with Crippen molar-refractivity contribution in [3.8, 4) is 0 Å². The minimum absolute atomic E-state index is 0. The van der Waals surface area contributed by atoms with E-state index in [0.29, 0.717) is 5.56 Å². The third-order valence-corrected chi connectivity index (χ3v) is 2.81. The smallest absolute Gasteiger partial charge is 0.256 e. The number of nitrogens with one attached hydrogen (secondary N) is 1. The highest BCUT2D eigenvalue weighted by Gasteiger charge is 2.09. The number of aryl methyl sites for hydroxylation is 1. The predicted molar refractivity (Wildman–Crippen MR) is 81.0 cm³/mol. The van der Waals surface area contributed by atoms with Crippen LogP contribution in [0.3, 0.4) is 0 Å². The summed E-state index contributed by atoms with van der Waals surface area (Å²) in [6, 6.07) is 3.64. The molecule has 19 heavy (non-hydrogen) atoms. The molecule has 0 saturated heterocycles. The number of pyridine rings is 1. The van der Waals surface area contributed by atoms with Crippen LogP contribution >= 0.6 is 0 Å². The number of rotatable bonds is 2. The van der Waals surface area contributed by atoms with Gasteiger partial charge in [-0.2, -0.15) is 0 Å². The minimum atomic E-state index is -0.0864. The first kappa shape index (κ1) is 15.2. The van der Waals surface area contributed by atoms with E-state index in [1.54, 1.807) is 12.3 Å². The van der Waals surface area contributed by atoms with Crippen molar-refractivity contribution in [3.05, 3.63) is 53.0 Å². The molecule has 0 radical (unpaired) electrons. The van der Waals surface area contributed by atoms with Crippen molar-refractivity contribution in [2.24, 2.45) is 0 Å². The van der Waals surface area contributed by atoms with Crippen molar-refractivity contribution in [2.75, 3.05) is 0 Å². The predicted octanol–water partition coefficient (Wildman–Crippen LogP) is 4.02. The maximum absolute atomic E-state index is 11.9. The fourth-order valence-electron chi connectivity index (χ4n) is 1.67. The second kappa shape index (κ2) is 7.52. The normalized spacial score (nSPS) is 13.7. The van der Waals surface area contributed by atoms with Crippen molar-refractivity contribution in [1.82, 2.24) is 10.3 Å². The van der Waals surface area contributed by atoms with E-state index in [2.05, 4.69) is 17.2 Å². The molecule has 1 N–H and O–H groups in total. The van der Waals surface area contributed by atoms with Gasteiger partial charge in [-0.25, -0.2) is 0 Å². The molecule has 1 aromatic heterocycles. The fraction of sp³-hybridized carbons (Fsp3) is 0.375. The Balaban J connectivity index is 0.00000115. The molecule has 1 amide bonds. The Morgan fingerprint density at radius 2 is 1.95 bits per heavy atom. The average Bonchev–Trinajstić information content (AvgIpc) is 2.44. The van der Waals surface area contributed by atoms with Gasteiger partial charge in [0, 0.05) is 19.0 Å². The maximum Gasteiger partial charge on any atom is 0.256 e. The lowest BCUT2D eigenvalue weighted by Crippen LogP contribution is -2.23. The van der Waals surface area contributed by atoms with Gasteiger partial charge >= 0.3 is 0 Å². The Kier molecular flexibility index (Phi) is 6.00. The van der Waals surface area contributed by atoms with E-state index in [4.69, 9.17) is 0 Å². The second-order valence-electron chi connectivity index (χ2n) is 4.35. The van der Waals surface area contributed by atoms with Crippen LogP contribution in [-0.2, 0) is 0 Å². The molecule has 1 aromatic rings. The molecular formula is C16H24N2O. The molecule has 0 fully saturated rings. The Bertz CT molecular complexity index is 490. The Morgan fingerprint density at radius 1 is 1.21 bits per heavy atom. The summed E-state index contributed by atoms with van der Waals surface area (Å²) in [5, 5.41) is 2.91. The van der Waals surface area contributed by atoms with E-state index in [9.17, 15) is 4.79 Å². The number of hydrogen-bond donors (Lipinski definition) is 1. The van der Waals surface area contributed by atoms with Gasteiger partial charge in [-0.1, -0.05) is 25.5 Å². The lowest BCUT2D eigenvalue weighted by Gasteiger charge is -2.13. The lowest BCUT2D eigenvalue weighted by atomic mass is 10.0. The molecule has 1 heterocycles. The number of carbonyl (C=O) groups is 1. The number of hydrogen-bond acceptors (Lipinski definition) is 2. The van der Waals surface area contributed by atoms with Crippen LogP contribution in [0.4, 0.5) is 0 Å². The fourth-order valence-corrected chi connectivity index (χ4v) is 1.67. The summed E-state index contributed by atoms with van der Waals surface area (Å²) in [7, 11) is 0. The van der Waals surface area contributed by atoms with E-state index in [1.165, 1.54) is 5.57 Å². The first-order valence-electron chi connectivity index (χ1n) is 6.75. The van der Waals surface area contributed by atoms with Crippen LogP contribution in [0.15, 0.2) is 41.8 Å². The van der Waals surface area contributed by atoms with Crippen LogP contribution in [0.25, 0.3) is 0 Å². The Morgan fingerprint density at radius 3 is 2.47 bits per heavy atom. The van der Waals surface area contributed by atoms with Crippen LogP contribution < -0.4 is 5.32 Å². The topological polar surface area (TPSA) is 42.0 Å². The van der Waals surface area contributed by atoms with Crippen molar-refractivity contribution >= 4 is 5.91 Å². The van der Waals surface area contributed by atoms with Gasteiger partial charge in [-0.05, 0) is 44.9 Å². The maximum atomic E-state index is 11.9. The summed E-state index contributed by atoms with van der Waals surface area (Å²) in [5.41, 5.74) is 3.83. The van der Waals surface area contributed by atoms with Crippen molar-refractivity contribution in [3.63, 3.8) is 0 Å². The molecule has 1 aliphatic carbocycles. The Hall–Kier alpha value is -1.90. The highest BCUT2D eigenvalue weighted by molar-refractivity contribution is 5.95. The van der Waals surface area contributed by atoms with E-state index >= 15 is 0 Å². The summed E-state index contributed by atoms with van der Waals surface area (Å²) in [4.78, 5) is 16.0. The number of allylic oxidation sites excluding steroid dienone is 4. The number of aromatic nitrogens is 1. The van der Waals surface area contributed by atoms with Crippen LogP contribution in [0.2, 0.25) is 0 Å². The van der Waals surface area contributed by atoms with Crippen LogP contribution in [0.1, 0.15) is 51.1 Å². The molecule has 0 spiro atoms. The zero-order chi connectivity index (χ0) is 14.3. The summed E-state index contributed by atoms with van der Waals surface area (Å²) < 4.78 is 0. The van der Waals surface area contributed by atoms with E-state index < -0.39 is 0 Å². The minimum Gasteiger partial charge on any atom is -0.326 e. The summed E-state index contributed by atoms with van der Waals surface area (Å²) in [5.74, 6) is -0.0864.